The van der Waals surface area contributed by atoms with Crippen molar-refractivity contribution in [2.75, 3.05) is 26.2 Å². The van der Waals surface area contributed by atoms with Crippen LogP contribution in [0.3, 0.4) is 0 Å². The Morgan fingerprint density at radius 1 is 1.24 bits per heavy atom. The van der Waals surface area contributed by atoms with Gasteiger partial charge in [0.05, 0.1) is 5.41 Å². The molecule has 0 radical (unpaired) electrons. The van der Waals surface area contributed by atoms with Crippen LogP contribution in [0.4, 0.5) is 0 Å². The lowest BCUT2D eigenvalue weighted by molar-refractivity contribution is -0.169. The summed E-state index contributed by atoms with van der Waals surface area (Å²) < 4.78 is 0. The Bertz CT molecular complexity index is 301. The van der Waals surface area contributed by atoms with Crippen LogP contribution in [-0.2, 0) is 4.79 Å². The highest BCUT2D eigenvalue weighted by atomic mass is 16.2. The Hall–Kier alpha value is -0.570. The molecule has 2 fully saturated rings. The number of piperidine rings is 1. The molecule has 98 valence electrons. The van der Waals surface area contributed by atoms with Gasteiger partial charge in [0.25, 0.3) is 0 Å². The summed E-state index contributed by atoms with van der Waals surface area (Å²) in [6.45, 7) is 13.0. The van der Waals surface area contributed by atoms with Crippen molar-refractivity contribution >= 4 is 5.91 Å². The van der Waals surface area contributed by atoms with Crippen LogP contribution in [0, 0.1) is 11.3 Å². The fourth-order valence-electron chi connectivity index (χ4n) is 3.30. The van der Waals surface area contributed by atoms with Gasteiger partial charge in [0, 0.05) is 25.7 Å². The average Bonchev–Trinajstić information content (AvgIpc) is 2.25. The summed E-state index contributed by atoms with van der Waals surface area (Å²) in [6, 6.07) is 0.369. The van der Waals surface area contributed by atoms with Gasteiger partial charge in [-0.1, -0.05) is 13.8 Å². The largest absolute Gasteiger partial charge is 0.339 e. The second-order valence-corrected chi connectivity index (χ2v) is 6.54. The third-order valence-electron chi connectivity index (χ3n) is 4.09. The van der Waals surface area contributed by atoms with E-state index in [4.69, 9.17) is 0 Å². The number of carbonyl (C=O) groups excluding carboxylic acids is 1. The van der Waals surface area contributed by atoms with Gasteiger partial charge in [-0.25, -0.2) is 0 Å². The summed E-state index contributed by atoms with van der Waals surface area (Å²) in [4.78, 5) is 16.8. The first kappa shape index (κ1) is 12.9. The first-order chi connectivity index (χ1) is 7.94. The molecule has 0 unspecified atom stereocenters. The Morgan fingerprint density at radius 2 is 1.94 bits per heavy atom. The summed E-state index contributed by atoms with van der Waals surface area (Å²) in [5.41, 5.74) is -0.0165. The molecule has 3 heteroatoms. The molecule has 17 heavy (non-hydrogen) atoms. The van der Waals surface area contributed by atoms with Crippen LogP contribution in [-0.4, -0.2) is 47.9 Å². The highest BCUT2D eigenvalue weighted by Gasteiger charge is 2.54. The van der Waals surface area contributed by atoms with Crippen molar-refractivity contribution in [2.24, 2.45) is 11.3 Å². The van der Waals surface area contributed by atoms with E-state index in [1.165, 1.54) is 13.0 Å². The van der Waals surface area contributed by atoms with Crippen molar-refractivity contribution in [1.29, 1.82) is 0 Å². The zero-order chi connectivity index (χ0) is 12.6. The molecular weight excluding hydrogens is 212 g/mol. The normalized spacial score (nSPS) is 30.5. The first-order valence-electron chi connectivity index (χ1n) is 6.98. The van der Waals surface area contributed by atoms with E-state index >= 15 is 0 Å². The molecule has 1 amide bonds. The van der Waals surface area contributed by atoms with Gasteiger partial charge < -0.3 is 9.80 Å². The van der Waals surface area contributed by atoms with E-state index in [0.717, 1.165) is 26.1 Å². The molecule has 2 aliphatic heterocycles. The zero-order valence-electron chi connectivity index (χ0n) is 11.7. The maximum absolute atomic E-state index is 12.3. The van der Waals surface area contributed by atoms with Gasteiger partial charge in [-0.15, -0.1) is 0 Å². The molecule has 0 aliphatic carbocycles. The Labute approximate surface area is 105 Å². The van der Waals surface area contributed by atoms with Gasteiger partial charge in [0.1, 0.15) is 0 Å². The number of rotatable bonds is 3. The molecule has 0 aromatic heterocycles. The van der Waals surface area contributed by atoms with Crippen LogP contribution in [0.5, 0.6) is 0 Å². The molecule has 0 aromatic carbocycles. The lowest BCUT2D eigenvalue weighted by Gasteiger charge is -2.55. The van der Waals surface area contributed by atoms with Gasteiger partial charge in [-0.2, -0.15) is 0 Å². The monoisotopic (exact) mass is 238 g/mol. The van der Waals surface area contributed by atoms with E-state index in [0.29, 0.717) is 17.9 Å². The molecule has 0 bridgehead atoms. The average molecular weight is 238 g/mol. The molecule has 2 saturated heterocycles. The first-order valence-corrected chi connectivity index (χ1v) is 6.98. The van der Waals surface area contributed by atoms with Crippen molar-refractivity contribution in [1.82, 2.24) is 9.80 Å². The minimum absolute atomic E-state index is 0.0165. The summed E-state index contributed by atoms with van der Waals surface area (Å²) >= 11 is 0. The van der Waals surface area contributed by atoms with Crippen molar-refractivity contribution in [3.63, 3.8) is 0 Å². The molecule has 1 spiro atoms. The maximum Gasteiger partial charge on any atom is 0.232 e. The summed E-state index contributed by atoms with van der Waals surface area (Å²) in [5.74, 6) is 1.10. The topological polar surface area (TPSA) is 23.6 Å². The fraction of sp³-hybridized carbons (Fsp3) is 0.929. The van der Waals surface area contributed by atoms with Gasteiger partial charge in [-0.3, -0.25) is 4.79 Å². The van der Waals surface area contributed by atoms with Gasteiger partial charge >= 0.3 is 0 Å². The van der Waals surface area contributed by atoms with E-state index in [1.807, 2.05) is 4.90 Å². The van der Waals surface area contributed by atoms with E-state index in [1.54, 1.807) is 0 Å². The second-order valence-electron chi connectivity index (χ2n) is 6.54. The van der Waals surface area contributed by atoms with Crippen molar-refractivity contribution < 1.29 is 4.79 Å². The number of nitrogens with zero attached hydrogens (tertiary/aromatic N) is 2. The van der Waals surface area contributed by atoms with Crippen LogP contribution in [0.2, 0.25) is 0 Å². The highest BCUT2D eigenvalue weighted by molar-refractivity contribution is 5.89. The van der Waals surface area contributed by atoms with Crippen LogP contribution in [0.1, 0.15) is 40.5 Å². The molecule has 0 saturated carbocycles. The van der Waals surface area contributed by atoms with Crippen LogP contribution in [0.15, 0.2) is 0 Å². The number of amides is 1. The summed E-state index contributed by atoms with van der Waals surface area (Å²) in [5, 5.41) is 0. The lowest BCUT2D eigenvalue weighted by Crippen LogP contribution is -2.68. The molecule has 0 aromatic rings. The molecule has 1 atom stereocenters. The number of carbonyl (C=O) groups is 1. The van der Waals surface area contributed by atoms with Crippen LogP contribution >= 0.6 is 0 Å². The summed E-state index contributed by atoms with van der Waals surface area (Å²) in [7, 11) is 0. The van der Waals surface area contributed by atoms with Crippen molar-refractivity contribution in [2.45, 2.75) is 46.6 Å². The Balaban J connectivity index is 1.96. The SMILES string of the molecule is CC(C)CN1CCC[C@@]2(C1)CN(C(C)C)C2=O. The molecular formula is C14H26N2O. The van der Waals surface area contributed by atoms with Gasteiger partial charge in [0.15, 0.2) is 0 Å². The second kappa shape index (κ2) is 4.60. The predicted octanol–water partition coefficient (Wildman–Crippen LogP) is 1.98. The fourth-order valence-corrected chi connectivity index (χ4v) is 3.30. The smallest absolute Gasteiger partial charge is 0.232 e. The number of hydrogen-bond donors (Lipinski definition) is 0. The van der Waals surface area contributed by atoms with Gasteiger partial charge in [-0.05, 0) is 39.2 Å². The molecule has 2 heterocycles. The highest BCUT2D eigenvalue weighted by Crippen LogP contribution is 2.41. The third kappa shape index (κ3) is 2.35. The minimum Gasteiger partial charge on any atom is -0.339 e. The van der Waals surface area contributed by atoms with E-state index in [2.05, 4.69) is 32.6 Å². The molecule has 2 rings (SSSR count). The third-order valence-corrected chi connectivity index (χ3v) is 4.09. The maximum atomic E-state index is 12.3. The Kier molecular flexibility index (Phi) is 3.48. The lowest BCUT2D eigenvalue weighted by atomic mass is 9.71. The van der Waals surface area contributed by atoms with Crippen LogP contribution < -0.4 is 0 Å². The Morgan fingerprint density at radius 3 is 2.47 bits per heavy atom. The zero-order valence-corrected chi connectivity index (χ0v) is 11.7. The predicted molar refractivity (Wildman–Crippen MR) is 69.8 cm³/mol. The molecule has 0 N–H and O–H groups in total. The van der Waals surface area contributed by atoms with E-state index < -0.39 is 0 Å². The quantitative estimate of drug-likeness (QED) is 0.702. The minimum atomic E-state index is -0.0165. The summed E-state index contributed by atoms with van der Waals surface area (Å²) in [6.07, 6.45) is 2.29. The molecule has 3 nitrogen and oxygen atoms in total. The number of β-lactam (4-membered cyclic amide) rings is 1. The standard InChI is InChI=1S/C14H26N2O/c1-11(2)8-15-7-5-6-14(9-15)10-16(12(3)4)13(14)17/h11-12H,5-10H2,1-4H3/t14-/m1/s1. The number of hydrogen-bond acceptors (Lipinski definition) is 2. The van der Waals surface area contributed by atoms with Crippen LogP contribution in [0.25, 0.3) is 0 Å². The molecule has 2 aliphatic rings. The van der Waals surface area contributed by atoms with Crippen molar-refractivity contribution in [3.8, 4) is 0 Å². The van der Waals surface area contributed by atoms with Crippen molar-refractivity contribution in [3.05, 3.63) is 0 Å². The van der Waals surface area contributed by atoms with E-state index in [-0.39, 0.29) is 5.41 Å². The number of likely N-dealkylation sites (tertiary alicyclic amines) is 2. The van der Waals surface area contributed by atoms with Gasteiger partial charge in [0.2, 0.25) is 5.91 Å². The van der Waals surface area contributed by atoms with E-state index in [9.17, 15) is 4.79 Å².